The molecule has 1 aliphatic rings. The molecule has 194 valence electrons. The summed E-state index contributed by atoms with van der Waals surface area (Å²) < 4.78 is 33.9. The Kier molecular flexibility index (Phi) is 7.53. The highest BCUT2D eigenvalue weighted by Gasteiger charge is 2.38. The number of anilines is 1. The van der Waals surface area contributed by atoms with Gasteiger partial charge in [-0.3, -0.25) is 0 Å². The summed E-state index contributed by atoms with van der Waals surface area (Å²) in [6.07, 6.45) is 5.37. The number of aliphatic carboxylic acids is 1. The summed E-state index contributed by atoms with van der Waals surface area (Å²) in [7, 11) is 0. The summed E-state index contributed by atoms with van der Waals surface area (Å²) in [6.45, 7) is 1.58. The fourth-order valence-electron chi connectivity index (χ4n) is 4.45. The standard InChI is InChI=1S/C22H19N9.C2HF3O2/c23-6-1-19(15-4-9-31(12-15)20-3-8-28-29-18(20)11-24)30-10-5-16(13-30)21-17-2-7-25-22(17)27-14-26-21;3-2(4,5)1(6)7/h2-3,5,7-8,10,13-15,19H,1,4,9,12H2,(H,25,26,27);(H,6,7). The zero-order chi connectivity index (χ0) is 27.3. The number of carboxylic acid groups (broad SMARTS) is 1. The van der Waals surface area contributed by atoms with Gasteiger partial charge in [0, 0.05) is 42.6 Å². The Morgan fingerprint density at radius 1 is 1.26 bits per heavy atom. The highest BCUT2D eigenvalue weighted by molar-refractivity contribution is 5.90. The lowest BCUT2D eigenvalue weighted by Crippen LogP contribution is -2.25. The van der Waals surface area contributed by atoms with Gasteiger partial charge in [-0.15, -0.1) is 5.10 Å². The fourth-order valence-corrected chi connectivity index (χ4v) is 4.45. The van der Waals surface area contributed by atoms with E-state index in [0.29, 0.717) is 12.1 Å². The molecule has 11 nitrogen and oxygen atoms in total. The molecule has 4 aromatic rings. The average Bonchev–Trinajstić information content (AvgIpc) is 3.68. The zero-order valence-corrected chi connectivity index (χ0v) is 19.7. The molecular formula is C24H20F3N9O2. The summed E-state index contributed by atoms with van der Waals surface area (Å²) in [4.78, 5) is 22.9. The van der Waals surface area contributed by atoms with Crippen molar-refractivity contribution in [1.82, 2.24) is 29.7 Å². The minimum atomic E-state index is -5.08. The van der Waals surface area contributed by atoms with Crippen LogP contribution in [0.4, 0.5) is 18.9 Å². The summed E-state index contributed by atoms with van der Waals surface area (Å²) >= 11 is 0. The van der Waals surface area contributed by atoms with Crippen LogP contribution < -0.4 is 4.90 Å². The molecule has 2 atom stereocenters. The third kappa shape index (κ3) is 5.54. The Morgan fingerprint density at radius 3 is 2.76 bits per heavy atom. The molecule has 5 rings (SSSR count). The number of rotatable bonds is 5. The first-order valence-corrected chi connectivity index (χ1v) is 11.3. The van der Waals surface area contributed by atoms with Gasteiger partial charge in [0.1, 0.15) is 18.0 Å². The Morgan fingerprint density at radius 2 is 2.05 bits per heavy atom. The number of nitriles is 2. The van der Waals surface area contributed by atoms with Crippen LogP contribution in [0.2, 0.25) is 0 Å². The van der Waals surface area contributed by atoms with Gasteiger partial charge >= 0.3 is 12.1 Å². The Bertz CT molecular complexity index is 1520. The maximum atomic E-state index is 10.6. The number of fused-ring (bicyclic) bond motifs is 1. The number of alkyl halides is 3. The number of aromatic nitrogens is 6. The molecule has 1 aliphatic heterocycles. The van der Waals surface area contributed by atoms with Crippen molar-refractivity contribution in [2.24, 2.45) is 5.92 Å². The van der Waals surface area contributed by atoms with Crippen molar-refractivity contribution in [2.75, 3.05) is 18.0 Å². The van der Waals surface area contributed by atoms with E-state index in [0.717, 1.165) is 47.5 Å². The molecule has 0 bridgehead atoms. The molecule has 2 N–H and O–H groups in total. The first kappa shape index (κ1) is 26.1. The van der Waals surface area contributed by atoms with E-state index in [1.54, 1.807) is 12.5 Å². The molecule has 0 spiro atoms. The maximum Gasteiger partial charge on any atom is 0.490 e. The molecule has 38 heavy (non-hydrogen) atoms. The van der Waals surface area contributed by atoms with Crippen molar-refractivity contribution in [1.29, 1.82) is 10.5 Å². The minimum absolute atomic E-state index is 0.0348. The molecule has 0 aliphatic carbocycles. The van der Waals surface area contributed by atoms with E-state index in [1.807, 2.05) is 30.6 Å². The van der Waals surface area contributed by atoms with Crippen molar-refractivity contribution < 1.29 is 23.1 Å². The topological polar surface area (TPSA) is 160 Å². The van der Waals surface area contributed by atoms with Crippen LogP contribution in [0, 0.1) is 28.6 Å². The lowest BCUT2D eigenvalue weighted by Gasteiger charge is -2.24. The number of nitrogens with one attached hydrogen (secondary N) is 1. The summed E-state index contributed by atoms with van der Waals surface area (Å²) in [6, 6.07) is 10.3. The van der Waals surface area contributed by atoms with Crippen LogP contribution in [0.15, 0.2) is 49.3 Å². The average molecular weight is 523 g/mol. The molecule has 1 saturated heterocycles. The lowest BCUT2D eigenvalue weighted by atomic mass is 9.96. The fraction of sp³-hybridized carbons (Fsp3) is 0.292. The maximum absolute atomic E-state index is 10.6. The number of halogens is 3. The smallest absolute Gasteiger partial charge is 0.475 e. The first-order chi connectivity index (χ1) is 18.2. The lowest BCUT2D eigenvalue weighted by molar-refractivity contribution is -0.192. The summed E-state index contributed by atoms with van der Waals surface area (Å²) in [5.74, 6) is -2.48. The number of H-pyrrole nitrogens is 1. The number of hydrogen-bond donors (Lipinski definition) is 2. The van der Waals surface area contributed by atoms with Crippen LogP contribution in [-0.2, 0) is 4.79 Å². The quantitative estimate of drug-likeness (QED) is 0.397. The van der Waals surface area contributed by atoms with E-state index in [-0.39, 0.29) is 12.0 Å². The van der Waals surface area contributed by atoms with Gasteiger partial charge in [-0.05, 0) is 30.5 Å². The molecule has 5 heterocycles. The molecular weight excluding hydrogens is 503 g/mol. The van der Waals surface area contributed by atoms with Crippen LogP contribution in [0.25, 0.3) is 22.3 Å². The van der Waals surface area contributed by atoms with Crippen molar-refractivity contribution >= 4 is 22.7 Å². The highest BCUT2D eigenvalue weighted by Crippen LogP contribution is 2.35. The van der Waals surface area contributed by atoms with Crippen LogP contribution in [-0.4, -0.2) is 60.1 Å². The Balaban J connectivity index is 0.000000426. The predicted molar refractivity (Wildman–Crippen MR) is 127 cm³/mol. The first-order valence-electron chi connectivity index (χ1n) is 11.3. The number of carbonyl (C=O) groups is 1. The van der Waals surface area contributed by atoms with Crippen LogP contribution in [0.3, 0.4) is 0 Å². The van der Waals surface area contributed by atoms with E-state index in [9.17, 15) is 23.7 Å². The van der Waals surface area contributed by atoms with Crippen molar-refractivity contribution in [3.05, 3.63) is 55.0 Å². The van der Waals surface area contributed by atoms with Crippen molar-refractivity contribution in [3.8, 4) is 23.4 Å². The second-order valence-corrected chi connectivity index (χ2v) is 8.41. The second-order valence-electron chi connectivity index (χ2n) is 8.41. The van der Waals surface area contributed by atoms with E-state index in [4.69, 9.17) is 9.90 Å². The number of nitrogens with zero attached hydrogens (tertiary/aromatic N) is 8. The van der Waals surface area contributed by atoms with Gasteiger partial charge in [0.15, 0.2) is 5.69 Å². The normalized spacial score (nSPS) is 15.8. The molecule has 14 heteroatoms. The molecule has 0 radical (unpaired) electrons. The van der Waals surface area contributed by atoms with Crippen LogP contribution in [0.1, 0.15) is 24.6 Å². The summed E-state index contributed by atoms with van der Waals surface area (Å²) in [5, 5.41) is 34.7. The van der Waals surface area contributed by atoms with Gasteiger partial charge in [-0.1, -0.05) is 0 Å². The molecule has 0 aromatic carbocycles. The SMILES string of the molecule is N#CCC(C1CCN(c2ccnnc2C#N)C1)n1ccc(-c2ncnc3[nH]ccc23)c1.O=C(O)C(F)(F)F. The van der Waals surface area contributed by atoms with Crippen molar-refractivity contribution in [2.45, 2.75) is 25.1 Å². The van der Waals surface area contributed by atoms with Crippen LogP contribution in [0.5, 0.6) is 0 Å². The van der Waals surface area contributed by atoms with Crippen molar-refractivity contribution in [3.63, 3.8) is 0 Å². The van der Waals surface area contributed by atoms with Gasteiger partial charge in [-0.2, -0.15) is 28.8 Å². The van der Waals surface area contributed by atoms with E-state index in [2.05, 4.69) is 53.0 Å². The predicted octanol–water partition coefficient (Wildman–Crippen LogP) is 3.70. The molecule has 1 fully saturated rings. The second kappa shape index (κ2) is 11.0. The monoisotopic (exact) mass is 523 g/mol. The molecule has 0 saturated carbocycles. The summed E-state index contributed by atoms with van der Waals surface area (Å²) in [5.41, 5.74) is 3.81. The Labute approximate surface area is 213 Å². The number of carboxylic acids is 1. The minimum Gasteiger partial charge on any atom is -0.475 e. The third-order valence-electron chi connectivity index (χ3n) is 6.18. The van der Waals surface area contributed by atoms with E-state index >= 15 is 0 Å². The molecule has 0 amide bonds. The number of aromatic amines is 1. The Hall–Kier alpha value is -4.98. The largest absolute Gasteiger partial charge is 0.490 e. The third-order valence-corrected chi connectivity index (χ3v) is 6.18. The molecule has 4 aromatic heterocycles. The highest BCUT2D eigenvalue weighted by atomic mass is 19.4. The number of hydrogen-bond acceptors (Lipinski definition) is 8. The van der Waals surface area contributed by atoms with Gasteiger partial charge in [0.25, 0.3) is 0 Å². The van der Waals surface area contributed by atoms with Gasteiger partial charge in [0.2, 0.25) is 0 Å². The molecule has 2 unspecified atom stereocenters. The van der Waals surface area contributed by atoms with Gasteiger partial charge in [0.05, 0.1) is 36.1 Å². The van der Waals surface area contributed by atoms with E-state index in [1.165, 1.54) is 0 Å². The van der Waals surface area contributed by atoms with Crippen LogP contribution >= 0.6 is 0 Å². The van der Waals surface area contributed by atoms with Gasteiger partial charge in [-0.25, -0.2) is 14.8 Å². The zero-order valence-electron chi connectivity index (χ0n) is 19.7. The van der Waals surface area contributed by atoms with Gasteiger partial charge < -0.3 is 19.6 Å². The van der Waals surface area contributed by atoms with E-state index < -0.39 is 12.1 Å².